The van der Waals surface area contributed by atoms with Crippen molar-refractivity contribution in [3.8, 4) is 11.5 Å². The number of halogens is 1. The Morgan fingerprint density at radius 3 is 2.78 bits per heavy atom. The summed E-state index contributed by atoms with van der Waals surface area (Å²) in [6, 6.07) is 17.8. The van der Waals surface area contributed by atoms with E-state index in [0.717, 1.165) is 41.5 Å². The summed E-state index contributed by atoms with van der Waals surface area (Å²) in [5.41, 5.74) is 3.56. The quantitative estimate of drug-likeness (QED) is 0.427. The number of aromatic nitrogens is 2. The molecule has 0 saturated heterocycles. The van der Waals surface area contributed by atoms with Gasteiger partial charge in [-0.05, 0) is 60.5 Å². The molecule has 2 aromatic carbocycles. The average molecular weight is 378 g/mol. The van der Waals surface area contributed by atoms with E-state index >= 15 is 0 Å². The molecule has 5 heteroatoms. The smallest absolute Gasteiger partial charge is 0.130 e. The van der Waals surface area contributed by atoms with Crippen molar-refractivity contribution in [2.45, 2.75) is 13.0 Å². The monoisotopic (exact) mass is 377 g/mol. The van der Waals surface area contributed by atoms with Crippen molar-refractivity contribution < 1.29 is 4.74 Å². The second-order valence-electron chi connectivity index (χ2n) is 6.36. The van der Waals surface area contributed by atoms with Crippen LogP contribution < -0.4 is 10.1 Å². The highest BCUT2D eigenvalue weighted by Gasteiger charge is 2.04. The van der Waals surface area contributed by atoms with Crippen LogP contribution in [0.4, 0.5) is 0 Å². The zero-order valence-corrected chi connectivity index (χ0v) is 15.5. The number of rotatable bonds is 7. The second-order valence-corrected chi connectivity index (χ2v) is 6.80. The number of hydrogen-bond donors (Lipinski definition) is 2. The SMILES string of the molecule is Clc1ccc2c(CCNCc3cccc(Oc4ccncc4)c3)c[nH]c2c1. The summed E-state index contributed by atoms with van der Waals surface area (Å²) in [4.78, 5) is 7.28. The number of fused-ring (bicyclic) bond motifs is 1. The maximum atomic E-state index is 6.04. The topological polar surface area (TPSA) is 49.9 Å². The maximum Gasteiger partial charge on any atom is 0.130 e. The Labute approximate surface area is 163 Å². The molecular weight excluding hydrogens is 358 g/mol. The zero-order chi connectivity index (χ0) is 18.5. The van der Waals surface area contributed by atoms with Gasteiger partial charge in [0.05, 0.1) is 0 Å². The first-order valence-corrected chi connectivity index (χ1v) is 9.29. The van der Waals surface area contributed by atoms with E-state index in [9.17, 15) is 0 Å². The molecule has 0 spiro atoms. The van der Waals surface area contributed by atoms with E-state index in [1.165, 1.54) is 16.5 Å². The van der Waals surface area contributed by atoms with Crippen LogP contribution in [0.5, 0.6) is 11.5 Å². The van der Waals surface area contributed by atoms with E-state index in [4.69, 9.17) is 16.3 Å². The van der Waals surface area contributed by atoms with Gasteiger partial charge < -0.3 is 15.0 Å². The van der Waals surface area contributed by atoms with Crippen molar-refractivity contribution >= 4 is 22.5 Å². The van der Waals surface area contributed by atoms with Gasteiger partial charge in [-0.15, -0.1) is 0 Å². The third kappa shape index (κ3) is 4.48. The minimum atomic E-state index is 0.753. The van der Waals surface area contributed by atoms with Crippen molar-refractivity contribution in [1.29, 1.82) is 0 Å². The molecule has 0 bridgehead atoms. The Hall–Kier alpha value is -2.82. The van der Waals surface area contributed by atoms with E-state index in [2.05, 4.69) is 39.7 Å². The van der Waals surface area contributed by atoms with Gasteiger partial charge in [-0.3, -0.25) is 4.98 Å². The van der Waals surface area contributed by atoms with Gasteiger partial charge in [-0.25, -0.2) is 0 Å². The van der Waals surface area contributed by atoms with Gasteiger partial charge in [-0.1, -0.05) is 29.8 Å². The van der Waals surface area contributed by atoms with E-state index < -0.39 is 0 Å². The first-order valence-electron chi connectivity index (χ1n) is 8.91. The number of hydrogen-bond acceptors (Lipinski definition) is 3. The molecule has 0 unspecified atom stereocenters. The number of pyridine rings is 1. The van der Waals surface area contributed by atoms with Gasteiger partial charge >= 0.3 is 0 Å². The van der Waals surface area contributed by atoms with Gasteiger partial charge in [0, 0.05) is 41.1 Å². The molecule has 0 saturated carbocycles. The molecule has 4 rings (SSSR count). The van der Waals surface area contributed by atoms with Crippen LogP contribution in [0.2, 0.25) is 5.02 Å². The highest BCUT2D eigenvalue weighted by Crippen LogP contribution is 2.23. The summed E-state index contributed by atoms with van der Waals surface area (Å²) < 4.78 is 5.86. The maximum absolute atomic E-state index is 6.04. The lowest BCUT2D eigenvalue weighted by molar-refractivity contribution is 0.481. The van der Waals surface area contributed by atoms with Gasteiger partial charge in [0.15, 0.2) is 0 Å². The fourth-order valence-electron chi connectivity index (χ4n) is 3.08. The molecule has 0 atom stereocenters. The molecule has 2 aromatic heterocycles. The first-order chi connectivity index (χ1) is 13.3. The van der Waals surface area contributed by atoms with E-state index in [0.29, 0.717) is 0 Å². The minimum Gasteiger partial charge on any atom is -0.457 e. The standard InChI is InChI=1S/C22H20ClN3O/c23-18-4-5-21-17(15-26-22(21)13-18)6-9-25-14-16-2-1-3-20(12-16)27-19-7-10-24-11-8-19/h1-5,7-8,10-13,15,25-26H,6,9,14H2. The third-order valence-corrected chi connectivity index (χ3v) is 4.65. The van der Waals surface area contributed by atoms with E-state index in [-0.39, 0.29) is 0 Å². The summed E-state index contributed by atoms with van der Waals surface area (Å²) in [7, 11) is 0. The van der Waals surface area contributed by atoms with Crippen molar-refractivity contribution in [2.24, 2.45) is 0 Å². The lowest BCUT2D eigenvalue weighted by Gasteiger charge is -2.08. The Kier molecular flexibility index (Phi) is 5.37. The van der Waals surface area contributed by atoms with Crippen molar-refractivity contribution in [3.63, 3.8) is 0 Å². The predicted octanol–water partition coefficient (Wildman–Crippen LogP) is 5.34. The Morgan fingerprint density at radius 1 is 1.00 bits per heavy atom. The van der Waals surface area contributed by atoms with Gasteiger partial charge in [0.1, 0.15) is 11.5 Å². The Balaban J connectivity index is 1.32. The Bertz CT molecular complexity index is 1030. The average Bonchev–Trinajstić information content (AvgIpc) is 3.08. The molecule has 0 aliphatic carbocycles. The lowest BCUT2D eigenvalue weighted by Crippen LogP contribution is -2.16. The van der Waals surface area contributed by atoms with Crippen molar-refractivity contribution in [2.75, 3.05) is 6.54 Å². The van der Waals surface area contributed by atoms with Gasteiger partial charge in [-0.2, -0.15) is 0 Å². The molecule has 136 valence electrons. The van der Waals surface area contributed by atoms with Crippen LogP contribution >= 0.6 is 11.6 Å². The zero-order valence-electron chi connectivity index (χ0n) is 14.8. The fourth-order valence-corrected chi connectivity index (χ4v) is 3.25. The van der Waals surface area contributed by atoms with Gasteiger partial charge in [0.25, 0.3) is 0 Å². The summed E-state index contributed by atoms with van der Waals surface area (Å²) in [6.07, 6.45) is 6.46. The molecule has 0 fully saturated rings. The summed E-state index contributed by atoms with van der Waals surface area (Å²) in [5.74, 6) is 1.61. The largest absolute Gasteiger partial charge is 0.457 e. The van der Waals surface area contributed by atoms with E-state index in [1.807, 2.05) is 36.4 Å². The van der Waals surface area contributed by atoms with Crippen LogP contribution in [0.25, 0.3) is 10.9 Å². The van der Waals surface area contributed by atoms with Crippen LogP contribution in [-0.4, -0.2) is 16.5 Å². The molecule has 0 aliphatic rings. The van der Waals surface area contributed by atoms with Gasteiger partial charge in [0.2, 0.25) is 0 Å². The molecule has 4 nitrogen and oxygen atoms in total. The minimum absolute atomic E-state index is 0.753. The number of nitrogens with one attached hydrogen (secondary N) is 2. The van der Waals surface area contributed by atoms with Crippen LogP contribution in [0.1, 0.15) is 11.1 Å². The molecule has 2 N–H and O–H groups in total. The van der Waals surface area contributed by atoms with Crippen LogP contribution in [0.15, 0.2) is 73.2 Å². The summed E-state index contributed by atoms with van der Waals surface area (Å²) >= 11 is 6.04. The van der Waals surface area contributed by atoms with Crippen molar-refractivity contribution in [3.05, 3.63) is 89.3 Å². The number of H-pyrrole nitrogens is 1. The van der Waals surface area contributed by atoms with Crippen LogP contribution in [-0.2, 0) is 13.0 Å². The number of nitrogens with zero attached hydrogens (tertiary/aromatic N) is 1. The first kappa shape index (κ1) is 17.6. The molecular formula is C22H20ClN3O. The molecule has 0 amide bonds. The fraction of sp³-hybridized carbons (Fsp3) is 0.136. The summed E-state index contributed by atoms with van der Waals surface area (Å²) in [6.45, 7) is 1.69. The second kappa shape index (κ2) is 8.25. The third-order valence-electron chi connectivity index (χ3n) is 4.41. The molecule has 27 heavy (non-hydrogen) atoms. The lowest BCUT2D eigenvalue weighted by atomic mass is 10.1. The highest BCUT2D eigenvalue weighted by molar-refractivity contribution is 6.31. The normalized spacial score (nSPS) is 11.0. The van der Waals surface area contributed by atoms with E-state index in [1.54, 1.807) is 12.4 Å². The number of aromatic amines is 1. The summed E-state index contributed by atoms with van der Waals surface area (Å²) in [5, 5.41) is 5.48. The Morgan fingerprint density at radius 2 is 1.89 bits per heavy atom. The molecule has 2 heterocycles. The van der Waals surface area contributed by atoms with Crippen LogP contribution in [0, 0.1) is 0 Å². The predicted molar refractivity (Wildman–Crippen MR) is 109 cm³/mol. The van der Waals surface area contributed by atoms with Crippen LogP contribution in [0.3, 0.4) is 0 Å². The highest BCUT2D eigenvalue weighted by atomic mass is 35.5. The molecule has 4 aromatic rings. The number of benzene rings is 2. The molecule has 0 aliphatic heterocycles. The number of ether oxygens (including phenoxy) is 1. The van der Waals surface area contributed by atoms with Crippen molar-refractivity contribution in [1.82, 2.24) is 15.3 Å². The molecule has 0 radical (unpaired) electrons.